The maximum Gasteiger partial charge on any atom is 0.0178 e. The molecule has 0 saturated heterocycles. The number of rotatable bonds is 0. The molecule has 4 unspecified atom stereocenters. The van der Waals surface area contributed by atoms with Gasteiger partial charge < -0.3 is 0 Å². The van der Waals surface area contributed by atoms with Crippen molar-refractivity contribution in [1.29, 1.82) is 0 Å². The van der Waals surface area contributed by atoms with Gasteiger partial charge in [0.25, 0.3) is 0 Å². The van der Waals surface area contributed by atoms with E-state index < -0.39 is 0 Å². The predicted octanol–water partition coefficient (Wildman–Crippen LogP) is 5.12. The van der Waals surface area contributed by atoms with Gasteiger partial charge in [-0.25, -0.2) is 0 Å². The van der Waals surface area contributed by atoms with Gasteiger partial charge in [0.1, 0.15) is 0 Å². The van der Waals surface area contributed by atoms with Crippen LogP contribution in [0, 0.1) is 21.7 Å². The summed E-state index contributed by atoms with van der Waals surface area (Å²) in [6.07, 6.45) is 21.6. The van der Waals surface area contributed by atoms with Crippen molar-refractivity contribution in [3.8, 4) is 0 Å². The van der Waals surface area contributed by atoms with Gasteiger partial charge in [-0.2, -0.15) is 0 Å². The van der Waals surface area contributed by atoms with Crippen LogP contribution in [-0.2, 0) is 0 Å². The molecule has 0 radical (unpaired) electrons. The molecule has 0 aromatic heterocycles. The van der Waals surface area contributed by atoms with Crippen LogP contribution in [0.4, 0.5) is 0 Å². The second kappa shape index (κ2) is 2.84. The highest BCUT2D eigenvalue weighted by Crippen LogP contribution is 2.91. The summed E-state index contributed by atoms with van der Waals surface area (Å²) in [5.74, 6) is 0. The summed E-state index contributed by atoms with van der Waals surface area (Å²) in [6.45, 7) is 6.86. The zero-order chi connectivity index (χ0) is 13.8. The van der Waals surface area contributed by atoms with Crippen LogP contribution in [0.3, 0.4) is 0 Å². The lowest BCUT2D eigenvalue weighted by Gasteiger charge is -2.33. The summed E-state index contributed by atoms with van der Waals surface area (Å²) in [5, 5.41) is 0. The van der Waals surface area contributed by atoms with Crippen molar-refractivity contribution in [2.75, 3.05) is 0 Å². The van der Waals surface area contributed by atoms with Crippen molar-refractivity contribution in [3.05, 3.63) is 59.3 Å². The van der Waals surface area contributed by atoms with Crippen LogP contribution in [0.5, 0.6) is 0 Å². The molecule has 5 aliphatic rings. The summed E-state index contributed by atoms with van der Waals surface area (Å²) in [5.41, 5.74) is 6.04. The normalized spacial score (nSPS) is 53.5. The number of hydrogen-bond donors (Lipinski definition) is 0. The molecular weight excluding hydrogens is 240 g/mol. The Bertz CT molecular complexity index is 698. The van der Waals surface area contributed by atoms with Gasteiger partial charge >= 0.3 is 0 Å². The standard InChI is InChI=1S/C20H22/c1-14-4-6-19-12-17(19,8-14)10-16(3)11-18-9-15(2)5-7-20(18,19)13-18/h4-10H,11-13H2,1-3H3. The van der Waals surface area contributed by atoms with Crippen molar-refractivity contribution in [3.63, 3.8) is 0 Å². The molecule has 2 saturated carbocycles. The Kier molecular flexibility index (Phi) is 1.61. The van der Waals surface area contributed by atoms with Gasteiger partial charge in [-0.1, -0.05) is 59.3 Å². The fraction of sp³-hybridized carbons (Fsp3) is 0.500. The smallest absolute Gasteiger partial charge is 0.0178 e. The Labute approximate surface area is 121 Å². The molecule has 5 aliphatic carbocycles. The Morgan fingerprint density at radius 1 is 0.800 bits per heavy atom. The van der Waals surface area contributed by atoms with Gasteiger partial charge in [0.05, 0.1) is 0 Å². The van der Waals surface area contributed by atoms with E-state index in [9.17, 15) is 0 Å². The second-order valence-electron chi connectivity index (χ2n) is 8.10. The molecule has 0 N–H and O–H groups in total. The molecule has 0 heterocycles. The molecular formula is C20H22. The lowest BCUT2D eigenvalue weighted by Crippen LogP contribution is -2.27. The van der Waals surface area contributed by atoms with Crippen molar-refractivity contribution in [2.24, 2.45) is 21.7 Å². The summed E-state index contributed by atoms with van der Waals surface area (Å²) < 4.78 is 0. The zero-order valence-corrected chi connectivity index (χ0v) is 12.7. The van der Waals surface area contributed by atoms with Crippen molar-refractivity contribution >= 4 is 0 Å². The van der Waals surface area contributed by atoms with Crippen molar-refractivity contribution < 1.29 is 0 Å². The van der Waals surface area contributed by atoms with E-state index in [4.69, 9.17) is 0 Å². The van der Waals surface area contributed by atoms with Crippen LogP contribution < -0.4 is 0 Å². The van der Waals surface area contributed by atoms with Crippen LogP contribution in [0.15, 0.2) is 59.3 Å². The lowest BCUT2D eigenvalue weighted by atomic mass is 9.70. The third-order valence-corrected chi connectivity index (χ3v) is 6.78. The van der Waals surface area contributed by atoms with Gasteiger partial charge in [-0.15, -0.1) is 0 Å². The highest BCUT2D eigenvalue weighted by molar-refractivity contribution is 5.58. The minimum atomic E-state index is 0.331. The molecule has 0 aromatic carbocycles. The van der Waals surface area contributed by atoms with E-state index in [1.54, 1.807) is 5.57 Å². The maximum absolute atomic E-state index is 2.61. The summed E-state index contributed by atoms with van der Waals surface area (Å²) in [6, 6.07) is 0. The Balaban J connectivity index is 1.77. The third kappa shape index (κ3) is 0.954. The van der Waals surface area contributed by atoms with E-state index in [1.807, 2.05) is 0 Å². The summed E-state index contributed by atoms with van der Waals surface area (Å²) in [7, 11) is 0. The van der Waals surface area contributed by atoms with E-state index in [-0.39, 0.29) is 0 Å². The number of allylic oxidation sites excluding steroid dienone is 10. The van der Waals surface area contributed by atoms with Crippen LogP contribution >= 0.6 is 0 Å². The highest BCUT2D eigenvalue weighted by atomic mass is 14.9. The first-order chi connectivity index (χ1) is 9.47. The van der Waals surface area contributed by atoms with E-state index in [1.165, 1.54) is 30.4 Å². The SMILES string of the molecule is CC1=CC23C=C(C)CC45C=C(C)C=CC4(C5)C2(C=C1)C3. The van der Waals surface area contributed by atoms with E-state index >= 15 is 0 Å². The number of hydrogen-bond acceptors (Lipinski definition) is 0. The second-order valence-corrected chi connectivity index (χ2v) is 8.10. The quantitative estimate of drug-likeness (QED) is 0.531. The first-order valence-electron chi connectivity index (χ1n) is 7.92. The highest BCUT2D eigenvalue weighted by Gasteiger charge is 2.84. The zero-order valence-electron chi connectivity index (χ0n) is 12.7. The van der Waals surface area contributed by atoms with Crippen LogP contribution in [0.25, 0.3) is 0 Å². The van der Waals surface area contributed by atoms with Gasteiger partial charge in [0.15, 0.2) is 0 Å². The summed E-state index contributed by atoms with van der Waals surface area (Å²) in [4.78, 5) is 0. The van der Waals surface area contributed by atoms with E-state index in [2.05, 4.69) is 63.3 Å². The largest absolute Gasteiger partial charge is 0.0762 e. The third-order valence-electron chi connectivity index (χ3n) is 6.78. The molecule has 0 bridgehead atoms. The van der Waals surface area contributed by atoms with Gasteiger partial charge in [-0.05, 0) is 40.0 Å². The topological polar surface area (TPSA) is 0 Å². The molecule has 0 heteroatoms. The molecule has 0 nitrogen and oxygen atoms in total. The predicted molar refractivity (Wildman–Crippen MR) is 83.1 cm³/mol. The minimum absolute atomic E-state index is 0.331. The molecule has 0 amide bonds. The van der Waals surface area contributed by atoms with Gasteiger partial charge in [0, 0.05) is 21.7 Å². The maximum atomic E-state index is 2.61. The summed E-state index contributed by atoms with van der Waals surface area (Å²) >= 11 is 0. The van der Waals surface area contributed by atoms with E-state index in [0.717, 1.165) is 0 Å². The Morgan fingerprint density at radius 2 is 1.50 bits per heavy atom. The monoisotopic (exact) mass is 262 g/mol. The molecule has 5 rings (SSSR count). The minimum Gasteiger partial charge on any atom is -0.0762 e. The van der Waals surface area contributed by atoms with Gasteiger partial charge in [0.2, 0.25) is 0 Å². The van der Waals surface area contributed by atoms with E-state index in [0.29, 0.717) is 21.7 Å². The first kappa shape index (κ1) is 11.4. The van der Waals surface area contributed by atoms with Crippen LogP contribution in [0.2, 0.25) is 0 Å². The molecule has 0 aliphatic heterocycles. The fourth-order valence-electron chi connectivity index (χ4n) is 6.11. The fourth-order valence-corrected chi connectivity index (χ4v) is 6.11. The molecule has 102 valence electrons. The molecule has 0 spiro atoms. The molecule has 4 atom stereocenters. The Hall–Kier alpha value is -1.30. The van der Waals surface area contributed by atoms with Crippen molar-refractivity contribution in [1.82, 2.24) is 0 Å². The first-order valence-corrected chi connectivity index (χ1v) is 7.92. The van der Waals surface area contributed by atoms with Crippen LogP contribution in [0.1, 0.15) is 40.0 Å². The average molecular weight is 262 g/mol. The average Bonchev–Trinajstić information content (AvgIpc) is 3.18. The Morgan fingerprint density at radius 3 is 2.30 bits per heavy atom. The van der Waals surface area contributed by atoms with Crippen molar-refractivity contribution in [2.45, 2.75) is 40.0 Å². The molecule has 0 aromatic rings. The molecule has 20 heavy (non-hydrogen) atoms. The van der Waals surface area contributed by atoms with Crippen LogP contribution in [-0.4, -0.2) is 0 Å². The van der Waals surface area contributed by atoms with Gasteiger partial charge in [-0.3, -0.25) is 0 Å². The lowest BCUT2D eigenvalue weighted by molar-refractivity contribution is 0.315. The molecule has 2 fully saturated rings.